The van der Waals surface area contributed by atoms with Gasteiger partial charge in [-0.25, -0.2) is 9.59 Å². The van der Waals surface area contributed by atoms with Gasteiger partial charge in [-0.2, -0.15) is 0 Å². The highest BCUT2D eigenvalue weighted by molar-refractivity contribution is 5.80. The van der Waals surface area contributed by atoms with E-state index < -0.39 is 18.1 Å². The molecule has 1 aromatic carbocycles. The molecule has 3 aliphatic rings. The van der Waals surface area contributed by atoms with E-state index in [0.29, 0.717) is 13.1 Å². The molecule has 1 amide bonds. The Kier molecular flexibility index (Phi) is 4.02. The molecule has 3 saturated heterocycles. The zero-order chi connectivity index (χ0) is 15.7. The molecule has 3 atom stereocenters. The number of carboxylic acid groups (broad SMARTS) is 2. The summed E-state index contributed by atoms with van der Waals surface area (Å²) in [5.74, 6) is -0.839. The highest BCUT2D eigenvalue weighted by atomic mass is 16.4. The number of rotatable bonds is 3. The summed E-state index contributed by atoms with van der Waals surface area (Å²) in [6.45, 7) is 1.74. The number of carbonyl (C=O) groups is 2. The Morgan fingerprint density at radius 1 is 1.09 bits per heavy atom. The maximum atomic E-state index is 11.7. The summed E-state index contributed by atoms with van der Waals surface area (Å²) in [6, 6.07) is 8.67. The smallest absolute Gasteiger partial charge is 0.408 e. The first kappa shape index (κ1) is 14.8. The molecule has 118 valence electrons. The minimum atomic E-state index is -1.13. The van der Waals surface area contributed by atoms with E-state index in [1.165, 1.54) is 0 Å². The molecule has 1 aromatic rings. The van der Waals surface area contributed by atoms with Gasteiger partial charge in [0.15, 0.2) is 0 Å². The molecule has 0 radical (unpaired) electrons. The SMILES string of the molecule is O=C(O)[C@H]1[C@@H]2CC[C@@H](CN2Cc2ccccc2)CN1C(=O)O. The molecule has 6 nitrogen and oxygen atoms in total. The van der Waals surface area contributed by atoms with Crippen molar-refractivity contribution >= 4 is 12.1 Å². The van der Waals surface area contributed by atoms with E-state index in [9.17, 15) is 19.8 Å². The van der Waals surface area contributed by atoms with Crippen molar-refractivity contribution in [1.29, 1.82) is 0 Å². The Balaban J connectivity index is 1.87. The van der Waals surface area contributed by atoms with E-state index in [2.05, 4.69) is 4.90 Å². The van der Waals surface area contributed by atoms with Crippen molar-refractivity contribution in [1.82, 2.24) is 9.80 Å². The molecule has 3 aliphatic heterocycles. The fourth-order valence-electron chi connectivity index (χ4n) is 3.75. The Morgan fingerprint density at radius 2 is 1.82 bits per heavy atom. The molecule has 0 spiro atoms. The van der Waals surface area contributed by atoms with E-state index in [4.69, 9.17) is 0 Å². The fraction of sp³-hybridized carbons (Fsp3) is 0.500. The van der Waals surface area contributed by atoms with Crippen LogP contribution in [-0.2, 0) is 11.3 Å². The lowest BCUT2D eigenvalue weighted by molar-refractivity contribution is -0.144. The number of hydrogen-bond acceptors (Lipinski definition) is 3. The van der Waals surface area contributed by atoms with Gasteiger partial charge in [0, 0.05) is 25.7 Å². The molecular formula is C16H20N2O4. The number of piperidine rings is 1. The van der Waals surface area contributed by atoms with Crippen LogP contribution in [0.4, 0.5) is 4.79 Å². The van der Waals surface area contributed by atoms with E-state index in [1.807, 2.05) is 30.3 Å². The second-order valence-corrected chi connectivity index (χ2v) is 6.14. The first-order chi connectivity index (χ1) is 10.6. The van der Waals surface area contributed by atoms with E-state index in [1.54, 1.807) is 0 Å². The molecule has 2 N–H and O–H groups in total. The second-order valence-electron chi connectivity index (χ2n) is 6.14. The molecule has 3 fully saturated rings. The molecule has 0 saturated carbocycles. The lowest BCUT2D eigenvalue weighted by Crippen LogP contribution is -2.54. The van der Waals surface area contributed by atoms with Gasteiger partial charge in [0.05, 0.1) is 0 Å². The molecule has 0 aliphatic carbocycles. The Bertz CT molecular complexity index is 563. The number of fused-ring (bicyclic) bond motifs is 4. The maximum absolute atomic E-state index is 11.7. The van der Waals surface area contributed by atoms with Gasteiger partial charge >= 0.3 is 12.1 Å². The molecule has 2 bridgehead atoms. The van der Waals surface area contributed by atoms with Gasteiger partial charge in [-0.05, 0) is 24.3 Å². The summed E-state index contributed by atoms with van der Waals surface area (Å²) >= 11 is 0. The highest BCUT2D eigenvalue weighted by Crippen LogP contribution is 2.33. The third-order valence-electron chi connectivity index (χ3n) is 4.71. The number of amides is 1. The topological polar surface area (TPSA) is 81.1 Å². The Hall–Kier alpha value is -2.08. The lowest BCUT2D eigenvalue weighted by Gasteiger charge is -2.38. The molecule has 22 heavy (non-hydrogen) atoms. The second kappa shape index (κ2) is 5.96. The first-order valence-corrected chi connectivity index (χ1v) is 7.56. The van der Waals surface area contributed by atoms with Gasteiger partial charge in [0.1, 0.15) is 6.04 Å². The normalized spacial score (nSPS) is 28.4. The van der Waals surface area contributed by atoms with Crippen LogP contribution < -0.4 is 0 Å². The van der Waals surface area contributed by atoms with Crippen molar-refractivity contribution in [3.05, 3.63) is 35.9 Å². The molecule has 0 unspecified atom stereocenters. The fourth-order valence-corrected chi connectivity index (χ4v) is 3.75. The summed E-state index contributed by atoms with van der Waals surface area (Å²) in [7, 11) is 0. The van der Waals surface area contributed by atoms with Crippen LogP contribution in [0.2, 0.25) is 0 Å². The quantitative estimate of drug-likeness (QED) is 0.888. The van der Waals surface area contributed by atoms with Gasteiger partial charge < -0.3 is 10.2 Å². The maximum Gasteiger partial charge on any atom is 0.408 e. The van der Waals surface area contributed by atoms with Gasteiger partial charge in [-0.1, -0.05) is 30.3 Å². The van der Waals surface area contributed by atoms with Crippen LogP contribution in [0, 0.1) is 5.92 Å². The van der Waals surface area contributed by atoms with Crippen molar-refractivity contribution in [2.45, 2.75) is 31.5 Å². The van der Waals surface area contributed by atoms with Crippen LogP contribution in [0.15, 0.2) is 30.3 Å². The highest BCUT2D eigenvalue weighted by Gasteiger charge is 2.46. The number of aliphatic carboxylic acids is 1. The number of benzene rings is 1. The summed E-state index contributed by atoms with van der Waals surface area (Å²) in [4.78, 5) is 26.4. The minimum absolute atomic E-state index is 0.209. The summed E-state index contributed by atoms with van der Waals surface area (Å²) < 4.78 is 0. The summed E-state index contributed by atoms with van der Waals surface area (Å²) in [5, 5.41) is 18.9. The number of nitrogens with zero attached hydrogens (tertiary/aromatic N) is 2. The lowest BCUT2D eigenvalue weighted by atomic mass is 9.92. The van der Waals surface area contributed by atoms with Crippen LogP contribution in [-0.4, -0.2) is 57.2 Å². The molecule has 3 heterocycles. The Morgan fingerprint density at radius 3 is 2.45 bits per heavy atom. The van der Waals surface area contributed by atoms with Crippen LogP contribution in [0.25, 0.3) is 0 Å². The number of carboxylic acids is 1. The van der Waals surface area contributed by atoms with Gasteiger partial charge in [0.2, 0.25) is 0 Å². The van der Waals surface area contributed by atoms with Crippen molar-refractivity contribution in [2.75, 3.05) is 13.1 Å². The standard InChI is InChI=1S/C16H20N2O4/c19-15(20)14-13-7-6-12(10-18(14)16(21)22)9-17(13)8-11-4-2-1-3-5-11/h1-5,12-14H,6-10H2,(H,19,20)(H,21,22)/t12-,13-,14+/m0/s1. The van der Waals surface area contributed by atoms with Crippen molar-refractivity contribution in [3.63, 3.8) is 0 Å². The van der Waals surface area contributed by atoms with Crippen LogP contribution in [0.3, 0.4) is 0 Å². The first-order valence-electron chi connectivity index (χ1n) is 7.56. The summed E-state index contributed by atoms with van der Waals surface area (Å²) in [5.41, 5.74) is 1.13. The average Bonchev–Trinajstić information content (AvgIpc) is 2.76. The number of hydrogen-bond donors (Lipinski definition) is 2. The van der Waals surface area contributed by atoms with E-state index in [0.717, 1.165) is 29.8 Å². The van der Waals surface area contributed by atoms with Gasteiger partial charge in [0.25, 0.3) is 0 Å². The largest absolute Gasteiger partial charge is 0.480 e. The van der Waals surface area contributed by atoms with Crippen LogP contribution >= 0.6 is 0 Å². The predicted octanol–water partition coefficient (Wildman–Crippen LogP) is 1.71. The van der Waals surface area contributed by atoms with Crippen molar-refractivity contribution in [3.8, 4) is 0 Å². The molecule has 0 aromatic heterocycles. The zero-order valence-electron chi connectivity index (χ0n) is 12.3. The third kappa shape index (κ3) is 2.78. The van der Waals surface area contributed by atoms with E-state index in [-0.39, 0.29) is 12.0 Å². The monoisotopic (exact) mass is 304 g/mol. The van der Waals surface area contributed by atoms with Crippen LogP contribution in [0.1, 0.15) is 18.4 Å². The predicted molar refractivity (Wildman–Crippen MR) is 79.5 cm³/mol. The zero-order valence-corrected chi connectivity index (χ0v) is 12.3. The molecular weight excluding hydrogens is 284 g/mol. The Labute approximate surface area is 129 Å². The summed E-state index contributed by atoms with van der Waals surface area (Å²) in [6.07, 6.45) is 0.493. The minimum Gasteiger partial charge on any atom is -0.480 e. The third-order valence-corrected chi connectivity index (χ3v) is 4.71. The van der Waals surface area contributed by atoms with Gasteiger partial charge in [-0.3, -0.25) is 9.80 Å². The molecule has 4 rings (SSSR count). The van der Waals surface area contributed by atoms with Gasteiger partial charge in [-0.15, -0.1) is 0 Å². The average molecular weight is 304 g/mol. The van der Waals surface area contributed by atoms with Crippen LogP contribution in [0.5, 0.6) is 0 Å². The molecule has 6 heteroatoms. The van der Waals surface area contributed by atoms with Crippen molar-refractivity contribution in [2.24, 2.45) is 5.92 Å². The van der Waals surface area contributed by atoms with E-state index >= 15 is 0 Å². The van der Waals surface area contributed by atoms with Crippen molar-refractivity contribution < 1.29 is 19.8 Å².